The molecule has 4 fully saturated rings. The number of fused-ring (bicyclic) bond motifs is 2. The summed E-state index contributed by atoms with van der Waals surface area (Å²) in [5.41, 5.74) is 20.0. The van der Waals surface area contributed by atoms with Crippen LogP contribution in [0.5, 0.6) is 23.0 Å². The van der Waals surface area contributed by atoms with Gasteiger partial charge in [-0.2, -0.15) is 0 Å². The van der Waals surface area contributed by atoms with Crippen LogP contribution >= 0.6 is 23.2 Å². The second kappa shape index (κ2) is 26.5. The lowest BCUT2D eigenvalue weighted by atomic mass is 9.89. The quantitative estimate of drug-likeness (QED) is 0.0795. The Morgan fingerprint density at radius 1 is 0.500 bits per heavy atom. The second-order valence-corrected chi connectivity index (χ2v) is 23.6. The maximum atomic E-state index is 13.4. The van der Waals surface area contributed by atoms with Crippen LogP contribution in [0.2, 0.25) is 10.0 Å². The van der Waals surface area contributed by atoms with Crippen LogP contribution in [-0.4, -0.2) is 167 Å². The Labute approximate surface area is 511 Å². The van der Waals surface area contributed by atoms with Crippen molar-refractivity contribution in [3.05, 3.63) is 119 Å². The highest BCUT2D eigenvalue weighted by Gasteiger charge is 2.33. The Morgan fingerprint density at radius 2 is 0.919 bits per heavy atom. The molecule has 0 spiro atoms. The van der Waals surface area contributed by atoms with Crippen LogP contribution in [0.3, 0.4) is 0 Å². The second-order valence-electron chi connectivity index (χ2n) is 22.8. The third kappa shape index (κ3) is 12.6. The number of piperazine rings is 2. The zero-order valence-electron chi connectivity index (χ0n) is 49.7. The van der Waals surface area contributed by atoms with Crippen LogP contribution in [0, 0.1) is 0 Å². The molecule has 6 N–H and O–H groups in total. The van der Waals surface area contributed by atoms with E-state index in [2.05, 4.69) is 80.8 Å². The molecule has 2 amide bonds. The molecule has 22 heteroatoms. The zero-order chi connectivity index (χ0) is 60.2. The predicted octanol–water partition coefficient (Wildman–Crippen LogP) is 10.7. The third-order valence-electron chi connectivity index (χ3n) is 17.9. The molecule has 6 heterocycles. The number of nitrogen functional groups attached to an aromatic ring is 2. The van der Waals surface area contributed by atoms with E-state index in [1.807, 2.05) is 36.4 Å². The van der Waals surface area contributed by atoms with E-state index in [1.54, 1.807) is 50.9 Å². The molecular weight excluding hydrogens is 1130 g/mol. The number of anilines is 4. The van der Waals surface area contributed by atoms with Crippen molar-refractivity contribution in [1.29, 1.82) is 0 Å². The first-order valence-electron chi connectivity index (χ1n) is 29.5. The van der Waals surface area contributed by atoms with Crippen molar-refractivity contribution in [1.82, 2.24) is 48.7 Å². The van der Waals surface area contributed by atoms with E-state index in [0.717, 1.165) is 122 Å². The molecule has 4 aromatic carbocycles. The standard InChI is InChI=1S/C33H41N7O4.C31H35Cl2N7O2/c1-38-14-16-39(17-15-38)22-9-11-23(12-10-22)40-19-24(29-31(34)35-20-36-32(29)40)21-8-13-25(28(18-21)44-4)37-33(41)30-26(42-2)6-5-7-27(30)43-3;1-38-11-13-39(14-12-38)21-5-7-22(8-6-21)40-17-23(28-29(34)35-18-36-30(28)40)19-4-10-26(27(16-19)42-2)37-31(41)20-3-9-24(32)25(33)15-20/h5-8,13,18-20,22-23H,9-12,14-17H2,1-4H3,(H,37,41)(H2,34,35,36);3-4,9-10,15-18,21-22H,5-8,11-14H2,1-2H3,(H,37,41)(H2,34,35,36). The van der Waals surface area contributed by atoms with Gasteiger partial charge in [0, 0.05) is 106 Å². The third-order valence-corrected chi connectivity index (χ3v) is 18.6. The first kappa shape index (κ1) is 60.0. The topological polar surface area (TPSA) is 222 Å². The van der Waals surface area contributed by atoms with Gasteiger partial charge in [0.15, 0.2) is 0 Å². The Kier molecular flexibility index (Phi) is 18.5. The van der Waals surface area contributed by atoms with Crippen molar-refractivity contribution in [3.63, 3.8) is 0 Å². The van der Waals surface area contributed by atoms with Gasteiger partial charge in [0.2, 0.25) is 0 Å². The number of hydrogen-bond donors (Lipinski definition) is 4. The number of hydrogen-bond acceptors (Lipinski definition) is 16. The first-order chi connectivity index (χ1) is 41.7. The minimum Gasteiger partial charge on any atom is -0.496 e. The van der Waals surface area contributed by atoms with Crippen molar-refractivity contribution < 1.29 is 28.5 Å². The monoisotopic (exact) mass is 1210 g/mol. The summed E-state index contributed by atoms with van der Waals surface area (Å²) in [6, 6.07) is 23.3. The molecule has 12 rings (SSSR count). The van der Waals surface area contributed by atoms with Crippen LogP contribution in [0.1, 0.15) is 84.2 Å². The summed E-state index contributed by atoms with van der Waals surface area (Å²) in [6.45, 7) is 9.17. The van der Waals surface area contributed by atoms with Crippen molar-refractivity contribution in [2.45, 2.75) is 75.5 Å². The summed E-state index contributed by atoms with van der Waals surface area (Å²) in [7, 11) is 10.6. The number of ether oxygens (including phenoxy) is 4. The van der Waals surface area contributed by atoms with E-state index in [1.165, 1.54) is 52.3 Å². The zero-order valence-corrected chi connectivity index (χ0v) is 51.2. The molecular formula is C64H76Cl2N14O6. The molecule has 4 aromatic heterocycles. The van der Waals surface area contributed by atoms with Crippen molar-refractivity contribution in [2.24, 2.45) is 0 Å². The number of amides is 2. The van der Waals surface area contributed by atoms with Gasteiger partial charge in [-0.15, -0.1) is 0 Å². The van der Waals surface area contributed by atoms with Gasteiger partial charge in [0.1, 0.15) is 64.1 Å². The van der Waals surface area contributed by atoms with Gasteiger partial charge in [-0.05, 0) is 131 Å². The molecule has 2 aliphatic heterocycles. The number of carbonyl (C=O) groups is 2. The fourth-order valence-electron chi connectivity index (χ4n) is 13.0. The number of nitrogens with two attached hydrogens (primary N) is 2. The van der Waals surface area contributed by atoms with Gasteiger partial charge in [0.05, 0.1) is 60.6 Å². The number of methoxy groups -OCH3 is 4. The van der Waals surface area contributed by atoms with Crippen molar-refractivity contribution in [2.75, 3.05) is 117 Å². The Hall–Kier alpha value is -7.72. The van der Waals surface area contributed by atoms with Crippen LogP contribution in [0.15, 0.2) is 97.8 Å². The highest BCUT2D eigenvalue weighted by Crippen LogP contribution is 2.44. The molecule has 452 valence electrons. The van der Waals surface area contributed by atoms with E-state index < -0.39 is 0 Å². The molecule has 0 unspecified atom stereocenters. The lowest BCUT2D eigenvalue weighted by Crippen LogP contribution is -2.49. The molecule has 20 nitrogen and oxygen atoms in total. The highest BCUT2D eigenvalue weighted by molar-refractivity contribution is 6.42. The van der Waals surface area contributed by atoms with Gasteiger partial charge < -0.3 is 60.0 Å². The van der Waals surface area contributed by atoms with E-state index >= 15 is 0 Å². The van der Waals surface area contributed by atoms with E-state index in [9.17, 15) is 9.59 Å². The number of nitrogens with zero attached hydrogens (tertiary/aromatic N) is 10. The summed E-state index contributed by atoms with van der Waals surface area (Å²) >= 11 is 12.1. The Bertz CT molecular complexity index is 3710. The van der Waals surface area contributed by atoms with Gasteiger partial charge in [-0.25, -0.2) is 19.9 Å². The minimum absolute atomic E-state index is 0.305. The Balaban J connectivity index is 0.000000179. The molecule has 0 atom stereocenters. The number of rotatable bonds is 14. The number of halogens is 2. The summed E-state index contributed by atoms with van der Waals surface area (Å²) in [6.07, 6.45) is 16.4. The smallest absolute Gasteiger partial charge is 0.263 e. The SMILES string of the molecule is COc1cc(-c2cn(C3CCC(N4CCN(C)CC4)CC3)c3ncnc(N)c23)ccc1NC(=O)c1c(OC)cccc1OC.COc1cc(-c2cn(C3CCC(N4CCN(C)CC4)CC3)c3ncnc(N)c23)ccc1NC(=O)c1ccc(Cl)c(Cl)c1. The average Bonchev–Trinajstić information content (AvgIpc) is 1.79. The van der Waals surface area contributed by atoms with E-state index in [4.69, 9.17) is 58.6 Å². The van der Waals surface area contributed by atoms with Gasteiger partial charge in [-0.3, -0.25) is 19.4 Å². The van der Waals surface area contributed by atoms with Gasteiger partial charge in [0.25, 0.3) is 11.8 Å². The number of nitrogens with one attached hydrogen (secondary N) is 2. The molecule has 0 radical (unpaired) electrons. The molecule has 4 aliphatic rings. The van der Waals surface area contributed by atoms with E-state index in [0.29, 0.717) is 91.3 Å². The summed E-state index contributed by atoms with van der Waals surface area (Å²) in [4.78, 5) is 54.5. The van der Waals surface area contributed by atoms with Crippen LogP contribution in [-0.2, 0) is 0 Å². The Morgan fingerprint density at radius 3 is 1.34 bits per heavy atom. The minimum atomic E-state index is -0.369. The number of likely N-dealkylation sites (N-methyl/N-ethyl adjacent to an activating group) is 2. The maximum Gasteiger partial charge on any atom is 0.263 e. The fraction of sp³-hybridized carbons (Fsp3) is 0.406. The molecule has 86 heavy (non-hydrogen) atoms. The average molecular weight is 1210 g/mol. The molecule has 8 aromatic rings. The van der Waals surface area contributed by atoms with Crippen LogP contribution < -0.4 is 41.0 Å². The predicted molar refractivity (Wildman–Crippen MR) is 340 cm³/mol. The van der Waals surface area contributed by atoms with Gasteiger partial charge >= 0.3 is 0 Å². The lowest BCUT2D eigenvalue weighted by molar-refractivity contribution is 0.0827. The summed E-state index contributed by atoms with van der Waals surface area (Å²) in [5, 5.41) is 8.23. The van der Waals surface area contributed by atoms with Crippen LogP contribution in [0.4, 0.5) is 23.0 Å². The molecule has 2 saturated heterocycles. The number of carbonyl (C=O) groups excluding carboxylic acids is 2. The maximum absolute atomic E-state index is 13.4. The fourth-order valence-corrected chi connectivity index (χ4v) is 13.3. The lowest BCUT2D eigenvalue weighted by Gasteiger charge is -2.41. The van der Waals surface area contributed by atoms with E-state index in [-0.39, 0.29) is 11.8 Å². The van der Waals surface area contributed by atoms with Crippen LogP contribution in [0.25, 0.3) is 44.3 Å². The molecule has 2 saturated carbocycles. The summed E-state index contributed by atoms with van der Waals surface area (Å²) < 4.78 is 26.9. The van der Waals surface area contributed by atoms with Crippen molar-refractivity contribution >= 4 is 80.1 Å². The molecule has 0 bridgehead atoms. The van der Waals surface area contributed by atoms with Crippen molar-refractivity contribution in [3.8, 4) is 45.3 Å². The molecule has 2 aliphatic carbocycles. The number of benzene rings is 4. The van der Waals surface area contributed by atoms with Gasteiger partial charge in [-0.1, -0.05) is 41.4 Å². The normalized spacial score (nSPS) is 19.8. The largest absolute Gasteiger partial charge is 0.496 e. The summed E-state index contributed by atoms with van der Waals surface area (Å²) in [5.74, 6) is 2.05. The number of aromatic nitrogens is 6. The first-order valence-corrected chi connectivity index (χ1v) is 30.2. The highest BCUT2D eigenvalue weighted by atomic mass is 35.5.